The second kappa shape index (κ2) is 8.31. The van der Waals surface area contributed by atoms with Crippen molar-refractivity contribution in [1.29, 1.82) is 0 Å². The number of nitrogens with two attached hydrogens (primary N) is 1. The van der Waals surface area contributed by atoms with Gasteiger partial charge in [0, 0.05) is 19.2 Å². The van der Waals surface area contributed by atoms with Crippen LogP contribution in [0.2, 0.25) is 0 Å². The van der Waals surface area contributed by atoms with Crippen molar-refractivity contribution < 1.29 is 4.74 Å². The Morgan fingerprint density at radius 1 is 1.26 bits per heavy atom. The Morgan fingerprint density at radius 3 is 2.84 bits per heavy atom. The Labute approximate surface area is 116 Å². The summed E-state index contributed by atoms with van der Waals surface area (Å²) in [5, 5.41) is 3.48. The van der Waals surface area contributed by atoms with Crippen molar-refractivity contribution in [2.45, 2.75) is 44.2 Å². The number of hydrogen-bond acceptors (Lipinski definition) is 3. The van der Waals surface area contributed by atoms with E-state index in [9.17, 15) is 0 Å². The third-order valence-electron chi connectivity index (χ3n) is 3.74. The molecule has 0 aromatic heterocycles. The molecule has 106 valence electrons. The first-order valence-electron chi connectivity index (χ1n) is 7.49. The van der Waals surface area contributed by atoms with Crippen LogP contribution in [-0.2, 0) is 4.74 Å². The predicted octanol–water partition coefficient (Wildman–Crippen LogP) is 2.63. The summed E-state index contributed by atoms with van der Waals surface area (Å²) >= 11 is 0. The first-order chi connectivity index (χ1) is 9.36. The van der Waals surface area contributed by atoms with E-state index in [2.05, 4.69) is 17.4 Å². The quantitative estimate of drug-likeness (QED) is 0.743. The van der Waals surface area contributed by atoms with Gasteiger partial charge in [0.25, 0.3) is 0 Å². The van der Waals surface area contributed by atoms with Crippen LogP contribution >= 0.6 is 0 Å². The van der Waals surface area contributed by atoms with Gasteiger partial charge < -0.3 is 15.8 Å². The summed E-state index contributed by atoms with van der Waals surface area (Å²) in [6.45, 7) is 2.95. The lowest BCUT2D eigenvalue weighted by Gasteiger charge is -2.23. The first kappa shape index (κ1) is 14.5. The van der Waals surface area contributed by atoms with Crippen molar-refractivity contribution >= 4 is 0 Å². The first-order valence-corrected chi connectivity index (χ1v) is 7.49. The van der Waals surface area contributed by atoms with Crippen molar-refractivity contribution in [3.8, 4) is 0 Å². The Morgan fingerprint density at radius 2 is 2.11 bits per heavy atom. The van der Waals surface area contributed by atoms with Gasteiger partial charge >= 0.3 is 0 Å². The standard InChI is InChI=1S/C16H26N2O/c17-16(14-7-2-1-3-8-14)10-6-11-18-13-15-9-4-5-12-19-15/h1-3,7-8,15-16,18H,4-6,9-13,17H2. The van der Waals surface area contributed by atoms with Gasteiger partial charge in [-0.05, 0) is 44.2 Å². The lowest BCUT2D eigenvalue weighted by atomic mass is 10.0. The van der Waals surface area contributed by atoms with Crippen LogP contribution in [0.25, 0.3) is 0 Å². The summed E-state index contributed by atoms with van der Waals surface area (Å²) in [6, 6.07) is 10.5. The van der Waals surface area contributed by atoms with Crippen molar-refractivity contribution in [1.82, 2.24) is 5.32 Å². The minimum absolute atomic E-state index is 0.161. The van der Waals surface area contributed by atoms with Gasteiger partial charge in [0.2, 0.25) is 0 Å². The zero-order chi connectivity index (χ0) is 13.3. The van der Waals surface area contributed by atoms with Crippen LogP contribution in [0.4, 0.5) is 0 Å². The largest absolute Gasteiger partial charge is 0.377 e. The number of ether oxygens (including phenoxy) is 1. The van der Waals surface area contributed by atoms with E-state index < -0.39 is 0 Å². The number of benzene rings is 1. The van der Waals surface area contributed by atoms with Gasteiger partial charge in [-0.3, -0.25) is 0 Å². The van der Waals surface area contributed by atoms with Gasteiger partial charge in [0.05, 0.1) is 6.10 Å². The van der Waals surface area contributed by atoms with Crippen molar-refractivity contribution in [2.24, 2.45) is 5.73 Å². The molecule has 1 aromatic carbocycles. The Balaban J connectivity index is 1.54. The molecule has 3 heteroatoms. The third-order valence-corrected chi connectivity index (χ3v) is 3.74. The molecule has 1 aliphatic rings. The molecule has 19 heavy (non-hydrogen) atoms. The zero-order valence-electron chi connectivity index (χ0n) is 11.7. The Hall–Kier alpha value is -0.900. The molecule has 0 saturated carbocycles. The highest BCUT2D eigenvalue weighted by molar-refractivity contribution is 5.18. The predicted molar refractivity (Wildman–Crippen MR) is 79.1 cm³/mol. The summed E-state index contributed by atoms with van der Waals surface area (Å²) < 4.78 is 5.69. The van der Waals surface area contributed by atoms with Crippen LogP contribution in [0.3, 0.4) is 0 Å². The van der Waals surface area contributed by atoms with Crippen LogP contribution < -0.4 is 11.1 Å². The molecular weight excluding hydrogens is 236 g/mol. The number of hydrogen-bond donors (Lipinski definition) is 2. The van der Waals surface area contributed by atoms with Crippen molar-refractivity contribution in [2.75, 3.05) is 19.7 Å². The zero-order valence-corrected chi connectivity index (χ0v) is 11.7. The minimum Gasteiger partial charge on any atom is -0.377 e. The van der Waals surface area contributed by atoms with E-state index in [0.29, 0.717) is 6.10 Å². The third kappa shape index (κ3) is 5.31. The van der Waals surface area contributed by atoms with E-state index in [1.165, 1.54) is 24.8 Å². The molecule has 0 aliphatic carbocycles. The fraction of sp³-hybridized carbons (Fsp3) is 0.625. The SMILES string of the molecule is NC(CCCNCC1CCCCO1)c1ccccc1. The van der Waals surface area contributed by atoms with E-state index in [4.69, 9.17) is 10.5 Å². The monoisotopic (exact) mass is 262 g/mol. The van der Waals surface area contributed by atoms with Gasteiger partial charge in [0.1, 0.15) is 0 Å². The van der Waals surface area contributed by atoms with E-state index >= 15 is 0 Å². The van der Waals surface area contributed by atoms with E-state index in [0.717, 1.165) is 32.5 Å². The summed E-state index contributed by atoms with van der Waals surface area (Å²) in [5.74, 6) is 0. The molecule has 1 saturated heterocycles. The van der Waals surface area contributed by atoms with Crippen LogP contribution in [0.15, 0.2) is 30.3 Å². The summed E-state index contributed by atoms with van der Waals surface area (Å²) in [7, 11) is 0. The van der Waals surface area contributed by atoms with Crippen molar-refractivity contribution in [3.63, 3.8) is 0 Å². The molecule has 0 bridgehead atoms. The molecule has 3 nitrogen and oxygen atoms in total. The van der Waals surface area contributed by atoms with Gasteiger partial charge in [-0.15, -0.1) is 0 Å². The molecule has 3 N–H and O–H groups in total. The van der Waals surface area contributed by atoms with Crippen LogP contribution in [-0.4, -0.2) is 25.8 Å². The average molecular weight is 262 g/mol. The Bertz CT molecular complexity index is 336. The topological polar surface area (TPSA) is 47.3 Å². The molecule has 1 heterocycles. The maximum absolute atomic E-state index is 6.17. The van der Waals surface area contributed by atoms with E-state index in [1.807, 2.05) is 18.2 Å². The second-order valence-electron chi connectivity index (χ2n) is 5.35. The highest BCUT2D eigenvalue weighted by atomic mass is 16.5. The summed E-state index contributed by atoms with van der Waals surface area (Å²) in [4.78, 5) is 0. The smallest absolute Gasteiger partial charge is 0.0699 e. The maximum atomic E-state index is 6.17. The highest BCUT2D eigenvalue weighted by Crippen LogP contribution is 2.15. The molecule has 1 fully saturated rings. The van der Waals surface area contributed by atoms with E-state index in [-0.39, 0.29) is 6.04 Å². The second-order valence-corrected chi connectivity index (χ2v) is 5.35. The fourth-order valence-electron chi connectivity index (χ4n) is 2.55. The van der Waals surface area contributed by atoms with E-state index in [1.54, 1.807) is 0 Å². The van der Waals surface area contributed by atoms with Crippen molar-refractivity contribution in [3.05, 3.63) is 35.9 Å². The molecule has 2 unspecified atom stereocenters. The number of nitrogens with one attached hydrogen (secondary N) is 1. The fourth-order valence-corrected chi connectivity index (χ4v) is 2.55. The highest BCUT2D eigenvalue weighted by Gasteiger charge is 2.12. The van der Waals surface area contributed by atoms with Gasteiger partial charge in [-0.25, -0.2) is 0 Å². The molecule has 0 radical (unpaired) electrons. The lowest BCUT2D eigenvalue weighted by Crippen LogP contribution is -2.32. The van der Waals surface area contributed by atoms with Crippen LogP contribution in [0, 0.1) is 0 Å². The molecule has 2 rings (SSSR count). The molecule has 1 aromatic rings. The molecule has 2 atom stereocenters. The molecule has 1 aliphatic heterocycles. The molecule has 0 amide bonds. The van der Waals surface area contributed by atoms with Gasteiger partial charge in [-0.1, -0.05) is 30.3 Å². The summed E-state index contributed by atoms with van der Waals surface area (Å²) in [5.41, 5.74) is 7.40. The number of rotatable bonds is 7. The molecular formula is C16H26N2O. The van der Waals surface area contributed by atoms with Gasteiger partial charge in [0.15, 0.2) is 0 Å². The summed E-state index contributed by atoms with van der Waals surface area (Å²) in [6.07, 6.45) is 6.31. The normalized spacial score (nSPS) is 21.2. The minimum atomic E-state index is 0.161. The van der Waals surface area contributed by atoms with Crippen LogP contribution in [0.1, 0.15) is 43.7 Å². The van der Waals surface area contributed by atoms with Crippen LogP contribution in [0.5, 0.6) is 0 Å². The molecule has 0 spiro atoms. The van der Waals surface area contributed by atoms with Gasteiger partial charge in [-0.2, -0.15) is 0 Å². The Kier molecular flexibility index (Phi) is 6.34. The maximum Gasteiger partial charge on any atom is 0.0699 e. The average Bonchev–Trinajstić information content (AvgIpc) is 2.49. The lowest BCUT2D eigenvalue weighted by molar-refractivity contribution is 0.0170.